The molecule has 5 heteroatoms. The summed E-state index contributed by atoms with van der Waals surface area (Å²) >= 11 is 0. The molecule has 0 spiro atoms. The molecule has 0 aromatic heterocycles. The summed E-state index contributed by atoms with van der Waals surface area (Å²) < 4.78 is 36.3. The quantitative estimate of drug-likeness (QED) is 0.789. The van der Waals surface area contributed by atoms with Gasteiger partial charge in [-0.2, -0.15) is 0 Å². The standard InChI is InChI=1S/C10H11FO3S/c1-8(12)6-7-15(13,14)10-5-3-2-4-9(10)11/h2-5H,6-7H2,1H3. The van der Waals surface area contributed by atoms with Crippen LogP contribution in [0, 0.1) is 5.82 Å². The van der Waals surface area contributed by atoms with E-state index in [2.05, 4.69) is 0 Å². The zero-order chi connectivity index (χ0) is 11.5. The Morgan fingerprint density at radius 3 is 2.47 bits per heavy atom. The van der Waals surface area contributed by atoms with E-state index in [1.807, 2.05) is 0 Å². The number of hydrogen-bond acceptors (Lipinski definition) is 3. The maximum atomic E-state index is 13.1. The SMILES string of the molecule is CC(=O)CCS(=O)(=O)c1ccccc1F. The maximum absolute atomic E-state index is 13.1. The summed E-state index contributed by atoms with van der Waals surface area (Å²) in [5.74, 6) is -1.35. The molecule has 0 atom stereocenters. The van der Waals surface area contributed by atoms with Crippen LogP contribution in [-0.4, -0.2) is 20.0 Å². The first-order chi connectivity index (χ1) is 6.93. The topological polar surface area (TPSA) is 51.2 Å². The van der Waals surface area contributed by atoms with Gasteiger partial charge in [0.1, 0.15) is 16.5 Å². The van der Waals surface area contributed by atoms with Crippen molar-refractivity contribution in [2.45, 2.75) is 18.2 Å². The van der Waals surface area contributed by atoms with Crippen LogP contribution in [0.25, 0.3) is 0 Å². The van der Waals surface area contributed by atoms with Crippen LogP contribution in [-0.2, 0) is 14.6 Å². The molecule has 0 aliphatic rings. The van der Waals surface area contributed by atoms with Crippen molar-refractivity contribution < 1.29 is 17.6 Å². The van der Waals surface area contributed by atoms with Crippen LogP contribution in [0.5, 0.6) is 0 Å². The molecule has 0 saturated carbocycles. The lowest BCUT2D eigenvalue weighted by Crippen LogP contribution is -2.11. The molecule has 0 amide bonds. The van der Waals surface area contributed by atoms with Gasteiger partial charge in [0.05, 0.1) is 5.75 Å². The minimum atomic E-state index is -3.68. The third-order valence-corrected chi connectivity index (χ3v) is 3.64. The first-order valence-electron chi connectivity index (χ1n) is 4.40. The molecule has 0 saturated heterocycles. The molecule has 1 aromatic carbocycles. The van der Waals surface area contributed by atoms with Gasteiger partial charge in [0.25, 0.3) is 0 Å². The van der Waals surface area contributed by atoms with Crippen molar-refractivity contribution in [3.05, 3.63) is 30.1 Å². The Balaban J connectivity index is 2.97. The number of carbonyl (C=O) groups is 1. The van der Waals surface area contributed by atoms with Crippen LogP contribution in [0.1, 0.15) is 13.3 Å². The van der Waals surface area contributed by atoms with E-state index in [0.717, 1.165) is 6.07 Å². The number of rotatable bonds is 4. The average Bonchev–Trinajstić information content (AvgIpc) is 2.15. The maximum Gasteiger partial charge on any atom is 0.181 e. The Hall–Kier alpha value is -1.23. The molecule has 3 nitrogen and oxygen atoms in total. The zero-order valence-electron chi connectivity index (χ0n) is 8.23. The molecular formula is C10H11FO3S. The van der Waals surface area contributed by atoms with Crippen LogP contribution in [0.2, 0.25) is 0 Å². The molecule has 0 aliphatic carbocycles. The van der Waals surface area contributed by atoms with E-state index >= 15 is 0 Å². The van der Waals surface area contributed by atoms with Crippen molar-refractivity contribution in [2.24, 2.45) is 0 Å². The number of ketones is 1. The van der Waals surface area contributed by atoms with Gasteiger partial charge in [0.2, 0.25) is 0 Å². The summed E-state index contributed by atoms with van der Waals surface area (Å²) in [6.07, 6.45) is -0.0866. The van der Waals surface area contributed by atoms with Gasteiger partial charge in [-0.25, -0.2) is 12.8 Å². The minimum Gasteiger partial charge on any atom is -0.300 e. The molecule has 0 radical (unpaired) electrons. The van der Waals surface area contributed by atoms with Gasteiger partial charge in [-0.05, 0) is 19.1 Å². The fourth-order valence-electron chi connectivity index (χ4n) is 1.09. The summed E-state index contributed by atoms with van der Waals surface area (Å²) in [5, 5.41) is 0. The molecule has 0 bridgehead atoms. The van der Waals surface area contributed by atoms with Gasteiger partial charge in [0.15, 0.2) is 9.84 Å². The Morgan fingerprint density at radius 1 is 1.33 bits per heavy atom. The second kappa shape index (κ2) is 4.53. The number of Topliss-reactive ketones (excluding diaryl/α,β-unsaturated/α-hetero) is 1. The van der Waals surface area contributed by atoms with Gasteiger partial charge < -0.3 is 0 Å². The lowest BCUT2D eigenvalue weighted by molar-refractivity contribution is -0.116. The molecule has 0 N–H and O–H groups in total. The van der Waals surface area contributed by atoms with Gasteiger partial charge in [-0.15, -0.1) is 0 Å². The Bertz CT molecular complexity index is 465. The average molecular weight is 230 g/mol. The lowest BCUT2D eigenvalue weighted by atomic mass is 10.3. The first-order valence-corrected chi connectivity index (χ1v) is 6.05. The van der Waals surface area contributed by atoms with E-state index < -0.39 is 15.7 Å². The molecule has 1 aromatic rings. The van der Waals surface area contributed by atoms with Gasteiger partial charge in [0, 0.05) is 6.42 Å². The Labute approximate surface area is 87.8 Å². The normalized spacial score (nSPS) is 11.3. The zero-order valence-corrected chi connectivity index (χ0v) is 9.05. The molecule has 0 heterocycles. The second-order valence-corrected chi connectivity index (χ2v) is 5.28. The van der Waals surface area contributed by atoms with Crippen LogP contribution in [0.3, 0.4) is 0 Å². The van der Waals surface area contributed by atoms with E-state index in [-0.39, 0.29) is 22.9 Å². The first kappa shape index (κ1) is 11.8. The fraction of sp³-hybridized carbons (Fsp3) is 0.300. The van der Waals surface area contributed by atoms with E-state index in [1.54, 1.807) is 0 Å². The largest absolute Gasteiger partial charge is 0.300 e. The predicted octanol–water partition coefficient (Wildman–Crippen LogP) is 1.58. The van der Waals surface area contributed by atoms with Crippen LogP contribution in [0.15, 0.2) is 29.2 Å². The smallest absolute Gasteiger partial charge is 0.181 e. The Kier molecular flexibility index (Phi) is 3.57. The van der Waals surface area contributed by atoms with Gasteiger partial charge in [-0.3, -0.25) is 4.79 Å². The van der Waals surface area contributed by atoms with Crippen LogP contribution < -0.4 is 0 Å². The van der Waals surface area contributed by atoms with Crippen molar-refractivity contribution in [3.8, 4) is 0 Å². The molecule has 1 rings (SSSR count). The summed E-state index contributed by atoms with van der Waals surface area (Å²) in [6, 6.07) is 5.15. The molecule has 82 valence electrons. The van der Waals surface area contributed by atoms with E-state index in [1.165, 1.54) is 25.1 Å². The van der Waals surface area contributed by atoms with Crippen molar-refractivity contribution in [3.63, 3.8) is 0 Å². The van der Waals surface area contributed by atoms with Gasteiger partial charge >= 0.3 is 0 Å². The monoisotopic (exact) mass is 230 g/mol. The van der Waals surface area contributed by atoms with Crippen molar-refractivity contribution in [1.29, 1.82) is 0 Å². The molecule has 0 fully saturated rings. The van der Waals surface area contributed by atoms with Crippen molar-refractivity contribution >= 4 is 15.6 Å². The summed E-state index contributed by atoms with van der Waals surface area (Å²) in [6.45, 7) is 1.30. The third kappa shape index (κ3) is 3.13. The third-order valence-electron chi connectivity index (χ3n) is 1.89. The Morgan fingerprint density at radius 2 is 1.93 bits per heavy atom. The number of sulfone groups is 1. The minimum absolute atomic E-state index is 0.0866. The van der Waals surface area contributed by atoms with E-state index in [4.69, 9.17) is 0 Å². The highest BCUT2D eigenvalue weighted by Gasteiger charge is 2.18. The van der Waals surface area contributed by atoms with E-state index in [9.17, 15) is 17.6 Å². The highest BCUT2D eigenvalue weighted by molar-refractivity contribution is 7.91. The van der Waals surface area contributed by atoms with Crippen LogP contribution >= 0.6 is 0 Å². The predicted molar refractivity (Wildman–Crippen MR) is 53.8 cm³/mol. The molecule has 0 aliphatic heterocycles. The highest BCUT2D eigenvalue weighted by atomic mass is 32.2. The molecular weight excluding hydrogens is 219 g/mol. The number of benzene rings is 1. The van der Waals surface area contributed by atoms with Crippen molar-refractivity contribution in [1.82, 2.24) is 0 Å². The fourth-order valence-corrected chi connectivity index (χ4v) is 2.51. The van der Waals surface area contributed by atoms with E-state index in [0.29, 0.717) is 0 Å². The van der Waals surface area contributed by atoms with Gasteiger partial charge in [-0.1, -0.05) is 12.1 Å². The second-order valence-electron chi connectivity index (χ2n) is 3.20. The number of halogens is 1. The van der Waals surface area contributed by atoms with Crippen molar-refractivity contribution in [2.75, 3.05) is 5.75 Å². The number of hydrogen-bond donors (Lipinski definition) is 0. The summed E-state index contributed by atoms with van der Waals surface area (Å²) in [7, 11) is -3.68. The molecule has 15 heavy (non-hydrogen) atoms. The van der Waals surface area contributed by atoms with Crippen LogP contribution in [0.4, 0.5) is 4.39 Å². The summed E-state index contributed by atoms with van der Waals surface area (Å²) in [5.41, 5.74) is 0. The highest BCUT2D eigenvalue weighted by Crippen LogP contribution is 2.15. The molecule has 0 unspecified atom stereocenters. The summed E-state index contributed by atoms with van der Waals surface area (Å²) in [4.78, 5) is 10.3. The number of carbonyl (C=O) groups excluding carboxylic acids is 1. The lowest BCUT2D eigenvalue weighted by Gasteiger charge is -2.03.